The van der Waals surface area contributed by atoms with Gasteiger partial charge >= 0.3 is 0 Å². The van der Waals surface area contributed by atoms with Crippen molar-refractivity contribution in [1.29, 1.82) is 0 Å². The number of anilines is 1. The molecule has 0 spiro atoms. The first-order valence-corrected chi connectivity index (χ1v) is 6.75. The number of halogens is 2. The molecule has 0 saturated heterocycles. The Labute approximate surface area is 127 Å². The number of carbonyl (C=O) groups excluding carboxylic acids is 1. The predicted octanol–water partition coefficient (Wildman–Crippen LogP) is 4.17. The molecule has 0 unspecified atom stereocenters. The molecule has 0 amide bonds. The number of benzene rings is 2. The maximum absolute atomic E-state index is 13.4. The van der Waals surface area contributed by atoms with Crippen LogP contribution in [0.5, 0.6) is 5.75 Å². The number of hydrogen-bond donors (Lipinski definition) is 1. The van der Waals surface area contributed by atoms with Crippen LogP contribution in [0.2, 0.25) is 0 Å². The summed E-state index contributed by atoms with van der Waals surface area (Å²) in [5, 5.41) is 2.55. The van der Waals surface area contributed by atoms with Crippen LogP contribution in [0.3, 0.4) is 0 Å². The Hall–Kier alpha value is -2.69. The van der Waals surface area contributed by atoms with Gasteiger partial charge in [-0.2, -0.15) is 0 Å². The molecule has 0 saturated carbocycles. The molecule has 5 heteroatoms. The van der Waals surface area contributed by atoms with Crippen molar-refractivity contribution in [2.24, 2.45) is 0 Å². The molecular weight excluding hydrogens is 288 g/mol. The number of ether oxygens (including phenoxy) is 1. The molecule has 2 rings (SSSR count). The average Bonchev–Trinajstić information content (AvgIpc) is 2.51. The van der Waals surface area contributed by atoms with Crippen LogP contribution in [-0.2, 0) is 0 Å². The van der Waals surface area contributed by atoms with Gasteiger partial charge in [-0.05, 0) is 43.3 Å². The van der Waals surface area contributed by atoms with E-state index in [0.717, 1.165) is 18.2 Å². The number of carbonyl (C=O) groups is 1. The Morgan fingerprint density at radius 3 is 2.59 bits per heavy atom. The lowest BCUT2D eigenvalue weighted by molar-refractivity contribution is 0.104. The highest BCUT2D eigenvalue weighted by molar-refractivity contribution is 6.04. The second-order valence-electron chi connectivity index (χ2n) is 4.42. The number of nitrogens with one attached hydrogen (secondary N) is 1. The lowest BCUT2D eigenvalue weighted by Crippen LogP contribution is -1.98. The Morgan fingerprint density at radius 1 is 1.18 bits per heavy atom. The van der Waals surface area contributed by atoms with Gasteiger partial charge < -0.3 is 10.1 Å². The van der Waals surface area contributed by atoms with Crippen LogP contribution in [0, 0.1) is 11.6 Å². The van der Waals surface area contributed by atoms with Crippen molar-refractivity contribution < 1.29 is 18.3 Å². The Bertz CT molecular complexity index is 682. The van der Waals surface area contributed by atoms with Gasteiger partial charge in [-0.1, -0.05) is 0 Å². The molecule has 1 N–H and O–H groups in total. The smallest absolute Gasteiger partial charge is 0.187 e. The lowest BCUT2D eigenvalue weighted by atomic mass is 10.1. The summed E-state index contributed by atoms with van der Waals surface area (Å²) in [7, 11) is 0. The highest BCUT2D eigenvalue weighted by atomic mass is 19.1. The van der Waals surface area contributed by atoms with E-state index in [4.69, 9.17) is 4.74 Å². The van der Waals surface area contributed by atoms with E-state index in [1.807, 2.05) is 6.92 Å². The third kappa shape index (κ3) is 4.15. The van der Waals surface area contributed by atoms with Crippen molar-refractivity contribution in [3.63, 3.8) is 0 Å². The Kier molecular flexibility index (Phi) is 5.25. The van der Waals surface area contributed by atoms with E-state index in [1.54, 1.807) is 24.3 Å². The SMILES string of the molecule is CCOc1ccc(C(=O)C=CNc2cc(F)ccc2F)cc1. The minimum atomic E-state index is -0.598. The van der Waals surface area contributed by atoms with Crippen LogP contribution in [0.1, 0.15) is 17.3 Å². The average molecular weight is 303 g/mol. The zero-order valence-corrected chi connectivity index (χ0v) is 12.0. The van der Waals surface area contributed by atoms with Crippen molar-refractivity contribution in [3.05, 3.63) is 71.9 Å². The van der Waals surface area contributed by atoms with E-state index >= 15 is 0 Å². The lowest BCUT2D eigenvalue weighted by Gasteiger charge is -2.04. The Balaban J connectivity index is 2.00. The fourth-order valence-corrected chi connectivity index (χ4v) is 1.79. The first-order valence-electron chi connectivity index (χ1n) is 6.75. The van der Waals surface area contributed by atoms with E-state index in [9.17, 15) is 13.6 Å². The quantitative estimate of drug-likeness (QED) is 0.643. The van der Waals surface area contributed by atoms with Crippen molar-refractivity contribution in [1.82, 2.24) is 0 Å². The maximum atomic E-state index is 13.4. The molecule has 0 aliphatic rings. The summed E-state index contributed by atoms with van der Waals surface area (Å²) in [6, 6.07) is 9.73. The van der Waals surface area contributed by atoms with Gasteiger partial charge in [0.15, 0.2) is 5.78 Å². The third-order valence-corrected chi connectivity index (χ3v) is 2.85. The number of ketones is 1. The molecule has 0 atom stereocenters. The summed E-state index contributed by atoms with van der Waals surface area (Å²) in [6.07, 6.45) is 2.52. The van der Waals surface area contributed by atoms with Gasteiger partial charge in [0.2, 0.25) is 0 Å². The molecule has 0 aliphatic carbocycles. The first kappa shape index (κ1) is 15.7. The van der Waals surface area contributed by atoms with Crippen molar-refractivity contribution in [2.45, 2.75) is 6.92 Å². The molecule has 0 radical (unpaired) electrons. The topological polar surface area (TPSA) is 38.3 Å². The molecule has 0 aromatic heterocycles. The second-order valence-corrected chi connectivity index (χ2v) is 4.42. The monoisotopic (exact) mass is 303 g/mol. The highest BCUT2D eigenvalue weighted by Crippen LogP contribution is 2.16. The van der Waals surface area contributed by atoms with E-state index in [2.05, 4.69) is 5.32 Å². The maximum Gasteiger partial charge on any atom is 0.187 e. The fraction of sp³-hybridized carbons (Fsp3) is 0.118. The van der Waals surface area contributed by atoms with Crippen molar-refractivity contribution in [3.8, 4) is 5.75 Å². The minimum Gasteiger partial charge on any atom is -0.494 e. The van der Waals surface area contributed by atoms with E-state index in [1.165, 1.54) is 12.3 Å². The number of rotatable bonds is 6. The van der Waals surface area contributed by atoms with Crippen LogP contribution in [0.25, 0.3) is 0 Å². The predicted molar refractivity (Wildman–Crippen MR) is 81.1 cm³/mol. The molecule has 0 fully saturated rings. The van der Waals surface area contributed by atoms with Crippen LogP contribution in [0.4, 0.5) is 14.5 Å². The first-order chi connectivity index (χ1) is 10.6. The van der Waals surface area contributed by atoms with Gasteiger partial charge in [-0.15, -0.1) is 0 Å². The molecule has 114 valence electrons. The van der Waals surface area contributed by atoms with Crippen LogP contribution in [0.15, 0.2) is 54.7 Å². The zero-order valence-electron chi connectivity index (χ0n) is 12.0. The summed E-state index contributed by atoms with van der Waals surface area (Å²) in [5.41, 5.74) is 0.442. The van der Waals surface area contributed by atoms with Gasteiger partial charge in [0.1, 0.15) is 17.4 Å². The molecule has 2 aromatic rings. The van der Waals surface area contributed by atoms with Gasteiger partial charge in [-0.25, -0.2) is 8.78 Å². The van der Waals surface area contributed by atoms with Gasteiger partial charge in [-0.3, -0.25) is 4.79 Å². The summed E-state index contributed by atoms with van der Waals surface area (Å²) < 4.78 is 31.6. The standard InChI is InChI=1S/C17H15F2NO2/c1-2-22-14-6-3-12(4-7-14)17(21)9-10-20-16-11-13(18)5-8-15(16)19/h3-11,20H,2H2,1H3. The van der Waals surface area contributed by atoms with Crippen LogP contribution >= 0.6 is 0 Å². The molecule has 0 heterocycles. The van der Waals surface area contributed by atoms with Crippen molar-refractivity contribution >= 4 is 11.5 Å². The third-order valence-electron chi connectivity index (χ3n) is 2.85. The summed E-state index contributed by atoms with van der Waals surface area (Å²) >= 11 is 0. The van der Waals surface area contributed by atoms with Crippen LogP contribution < -0.4 is 10.1 Å². The molecule has 0 aliphatic heterocycles. The number of hydrogen-bond acceptors (Lipinski definition) is 3. The van der Waals surface area contributed by atoms with Gasteiger partial charge in [0.25, 0.3) is 0 Å². The van der Waals surface area contributed by atoms with Gasteiger partial charge in [0.05, 0.1) is 12.3 Å². The molecular formula is C17H15F2NO2. The molecule has 22 heavy (non-hydrogen) atoms. The normalized spacial score (nSPS) is 10.7. The molecule has 3 nitrogen and oxygen atoms in total. The van der Waals surface area contributed by atoms with Crippen molar-refractivity contribution in [2.75, 3.05) is 11.9 Å². The summed E-state index contributed by atoms with van der Waals surface area (Å²) in [5.74, 6) is -0.731. The van der Waals surface area contributed by atoms with E-state index < -0.39 is 11.6 Å². The van der Waals surface area contributed by atoms with E-state index in [-0.39, 0.29) is 11.5 Å². The fourth-order valence-electron chi connectivity index (χ4n) is 1.79. The Morgan fingerprint density at radius 2 is 1.91 bits per heavy atom. The second kappa shape index (κ2) is 7.36. The largest absolute Gasteiger partial charge is 0.494 e. The molecule has 2 aromatic carbocycles. The zero-order chi connectivity index (χ0) is 15.9. The van der Waals surface area contributed by atoms with Gasteiger partial charge in [0, 0.05) is 23.9 Å². The van der Waals surface area contributed by atoms with E-state index in [0.29, 0.717) is 17.9 Å². The highest BCUT2D eigenvalue weighted by Gasteiger charge is 2.04. The molecule has 0 bridgehead atoms. The summed E-state index contributed by atoms with van der Waals surface area (Å²) in [6.45, 7) is 2.43. The minimum absolute atomic E-state index is 0.0317. The summed E-state index contributed by atoms with van der Waals surface area (Å²) in [4.78, 5) is 11.9. The number of allylic oxidation sites excluding steroid dienone is 1. The van der Waals surface area contributed by atoms with Crippen LogP contribution in [-0.4, -0.2) is 12.4 Å².